The van der Waals surface area contributed by atoms with Gasteiger partial charge in [-0.1, -0.05) is 87.0 Å². The normalized spacial score (nSPS) is 13.5. The number of phenols is 1. The van der Waals surface area contributed by atoms with E-state index in [-0.39, 0.29) is 28.7 Å². The number of nitrogens with two attached hydrogens (primary N) is 1. The van der Waals surface area contributed by atoms with Crippen molar-refractivity contribution in [3.8, 4) is 5.75 Å². The van der Waals surface area contributed by atoms with Gasteiger partial charge < -0.3 is 26.6 Å². The molecule has 0 aliphatic carbocycles. The monoisotopic (exact) mass is 686 g/mol. The number of carbonyl (C=O) groups excluding carboxylic acids is 2. The van der Waals surface area contributed by atoms with Crippen LogP contribution in [-0.2, 0) is 14.6 Å². The number of benzene rings is 4. The fraction of sp³-hybridized carbons (Fsp3) is 0.316. The molecule has 0 heterocycles. The molecule has 0 aliphatic heterocycles. The molecule has 0 saturated heterocycles. The van der Waals surface area contributed by atoms with Gasteiger partial charge in [0.15, 0.2) is 9.84 Å². The Labute approximate surface area is 288 Å². The standard InChI is InChI=1S/C38H46N4O6S/c1-26(2)38(49(47,48)32-22-20-30(39)21-23-32)41-33(19-10-5-11-24-43)40-37(46)35(42-36(45)29-17-12-18-31(44)25-29)34(27-13-6-3-7-14-27)28-15-8-4-9-16-28/h3-4,6-9,12-18,20-23,25-26,33-35,38,41,43-44H,5,10-11,19,24,39H2,1-2H3,(H,40,46)(H,42,45)/t33-,35-,38-/m0/s1. The lowest BCUT2D eigenvalue weighted by atomic mass is 9.84. The first-order valence-corrected chi connectivity index (χ1v) is 18.0. The van der Waals surface area contributed by atoms with Crippen LogP contribution in [-0.4, -0.2) is 54.6 Å². The number of carbonyl (C=O) groups is 2. The van der Waals surface area contributed by atoms with Crippen molar-refractivity contribution < 1.29 is 28.2 Å². The first kappa shape index (κ1) is 37.1. The van der Waals surface area contributed by atoms with Crippen LogP contribution in [0.15, 0.2) is 114 Å². The summed E-state index contributed by atoms with van der Waals surface area (Å²) in [4.78, 5) is 28.3. The number of aliphatic hydroxyl groups is 1. The second-order valence-corrected chi connectivity index (χ2v) is 14.4. The summed E-state index contributed by atoms with van der Waals surface area (Å²) in [6.45, 7) is 3.59. The third-order valence-electron chi connectivity index (χ3n) is 8.31. The SMILES string of the molecule is CC(C)[C@@H](N[C@@H](CCCCCO)NC(=O)[C@@H](NC(=O)c1cccc(O)c1)C(c1ccccc1)c1ccccc1)S(=O)(=O)c1ccc(N)cc1. The molecule has 2 amide bonds. The third kappa shape index (κ3) is 10.1. The average Bonchev–Trinajstić information content (AvgIpc) is 3.09. The Morgan fingerprint density at radius 1 is 0.776 bits per heavy atom. The second kappa shape index (κ2) is 17.6. The number of aliphatic hydroxyl groups excluding tert-OH is 1. The minimum atomic E-state index is -3.92. The van der Waals surface area contributed by atoms with E-state index in [2.05, 4.69) is 16.0 Å². The summed E-state index contributed by atoms with van der Waals surface area (Å²) >= 11 is 0. The Kier molecular flexibility index (Phi) is 13.3. The van der Waals surface area contributed by atoms with Crippen molar-refractivity contribution in [2.75, 3.05) is 12.3 Å². The molecule has 260 valence electrons. The van der Waals surface area contributed by atoms with Crippen LogP contribution in [0.2, 0.25) is 0 Å². The topological polar surface area (TPSA) is 171 Å². The Morgan fingerprint density at radius 3 is 1.94 bits per heavy atom. The smallest absolute Gasteiger partial charge is 0.252 e. The Balaban J connectivity index is 1.73. The van der Waals surface area contributed by atoms with E-state index in [1.165, 1.54) is 36.4 Å². The molecule has 0 radical (unpaired) electrons. The minimum Gasteiger partial charge on any atom is -0.508 e. The Bertz CT molecular complexity index is 1710. The summed E-state index contributed by atoms with van der Waals surface area (Å²) in [5.74, 6) is -2.20. The number of unbranched alkanes of at least 4 members (excludes halogenated alkanes) is 2. The summed E-state index contributed by atoms with van der Waals surface area (Å²) in [6.07, 6.45) is 1.36. The van der Waals surface area contributed by atoms with Crippen molar-refractivity contribution in [2.24, 2.45) is 5.92 Å². The molecule has 0 aliphatic rings. The zero-order valence-electron chi connectivity index (χ0n) is 27.8. The van der Waals surface area contributed by atoms with E-state index in [9.17, 15) is 28.2 Å². The quantitative estimate of drug-likeness (QED) is 0.0515. The molecule has 0 saturated carbocycles. The van der Waals surface area contributed by atoms with Crippen LogP contribution in [0.25, 0.3) is 0 Å². The van der Waals surface area contributed by atoms with E-state index in [4.69, 9.17) is 5.73 Å². The number of phenolic OH excluding ortho intramolecular Hbond substituents is 1. The number of amides is 2. The van der Waals surface area contributed by atoms with Gasteiger partial charge in [-0.05, 0) is 78.8 Å². The first-order chi connectivity index (χ1) is 23.5. The molecular weight excluding hydrogens is 641 g/mol. The third-order valence-corrected chi connectivity index (χ3v) is 10.6. The highest BCUT2D eigenvalue weighted by Gasteiger charge is 2.36. The highest BCUT2D eigenvalue weighted by Crippen LogP contribution is 2.29. The van der Waals surface area contributed by atoms with Crippen molar-refractivity contribution >= 4 is 27.3 Å². The molecule has 4 rings (SSSR count). The van der Waals surface area contributed by atoms with Crippen molar-refractivity contribution in [2.45, 2.75) is 67.9 Å². The molecule has 0 aromatic heterocycles. The maximum Gasteiger partial charge on any atom is 0.252 e. The molecule has 0 spiro atoms. The summed E-state index contributed by atoms with van der Waals surface area (Å²) in [7, 11) is -3.92. The predicted octanol–water partition coefficient (Wildman–Crippen LogP) is 4.95. The van der Waals surface area contributed by atoms with Gasteiger partial charge >= 0.3 is 0 Å². The molecule has 7 N–H and O–H groups in total. The van der Waals surface area contributed by atoms with Crippen molar-refractivity contribution in [3.05, 3.63) is 126 Å². The number of nitrogens with one attached hydrogen (secondary N) is 3. The molecule has 0 unspecified atom stereocenters. The predicted molar refractivity (Wildman–Crippen MR) is 191 cm³/mol. The Hall–Kier alpha value is -4.71. The molecular formula is C38H46N4O6S. The van der Waals surface area contributed by atoms with Crippen LogP contribution in [0.3, 0.4) is 0 Å². The van der Waals surface area contributed by atoms with Gasteiger partial charge in [0.25, 0.3) is 5.91 Å². The van der Waals surface area contributed by atoms with E-state index < -0.39 is 45.2 Å². The van der Waals surface area contributed by atoms with Crippen LogP contribution < -0.4 is 21.7 Å². The fourth-order valence-electron chi connectivity index (χ4n) is 5.81. The van der Waals surface area contributed by atoms with Gasteiger partial charge in [-0.25, -0.2) is 8.42 Å². The minimum absolute atomic E-state index is 0.0174. The van der Waals surface area contributed by atoms with Crippen molar-refractivity contribution in [1.82, 2.24) is 16.0 Å². The summed E-state index contributed by atoms with van der Waals surface area (Å²) in [5.41, 5.74) is 7.99. The molecule has 11 heteroatoms. The summed E-state index contributed by atoms with van der Waals surface area (Å²) in [5, 5.41) is 27.5. The number of aromatic hydroxyl groups is 1. The lowest BCUT2D eigenvalue weighted by molar-refractivity contribution is -0.124. The maximum atomic E-state index is 14.6. The first-order valence-electron chi connectivity index (χ1n) is 16.5. The fourth-order valence-corrected chi connectivity index (χ4v) is 7.68. The Morgan fingerprint density at radius 2 is 1.39 bits per heavy atom. The molecule has 10 nitrogen and oxygen atoms in total. The van der Waals surface area contributed by atoms with Crippen molar-refractivity contribution in [1.29, 1.82) is 0 Å². The van der Waals surface area contributed by atoms with E-state index in [0.717, 1.165) is 11.1 Å². The van der Waals surface area contributed by atoms with Crippen molar-refractivity contribution in [3.63, 3.8) is 0 Å². The van der Waals surface area contributed by atoms with Crippen LogP contribution >= 0.6 is 0 Å². The summed E-state index contributed by atoms with van der Waals surface area (Å²) < 4.78 is 27.8. The van der Waals surface area contributed by atoms with Crippen LogP contribution in [0.4, 0.5) is 5.69 Å². The molecule has 3 atom stereocenters. The van der Waals surface area contributed by atoms with Crippen LogP contribution in [0, 0.1) is 5.92 Å². The van der Waals surface area contributed by atoms with Crippen LogP contribution in [0.5, 0.6) is 5.75 Å². The van der Waals surface area contributed by atoms with E-state index >= 15 is 0 Å². The van der Waals surface area contributed by atoms with Gasteiger partial charge in [-0.3, -0.25) is 14.9 Å². The zero-order chi connectivity index (χ0) is 35.4. The van der Waals surface area contributed by atoms with E-state index in [1.807, 2.05) is 60.7 Å². The largest absolute Gasteiger partial charge is 0.508 e. The highest BCUT2D eigenvalue weighted by atomic mass is 32.2. The van der Waals surface area contributed by atoms with Gasteiger partial charge in [0, 0.05) is 23.8 Å². The van der Waals surface area contributed by atoms with E-state index in [1.54, 1.807) is 26.0 Å². The average molecular weight is 687 g/mol. The number of hydrogen-bond acceptors (Lipinski definition) is 8. The van der Waals surface area contributed by atoms with Gasteiger partial charge in [0.2, 0.25) is 5.91 Å². The zero-order valence-corrected chi connectivity index (χ0v) is 28.6. The molecule has 4 aromatic rings. The molecule has 0 fully saturated rings. The lowest BCUT2D eigenvalue weighted by Gasteiger charge is -2.33. The second-order valence-electron chi connectivity index (χ2n) is 12.4. The van der Waals surface area contributed by atoms with E-state index in [0.29, 0.717) is 31.4 Å². The maximum absolute atomic E-state index is 14.6. The van der Waals surface area contributed by atoms with Gasteiger partial charge in [0.05, 0.1) is 11.1 Å². The van der Waals surface area contributed by atoms with Crippen LogP contribution in [0.1, 0.15) is 66.9 Å². The molecule has 0 bridgehead atoms. The number of anilines is 1. The number of sulfone groups is 1. The number of hydrogen-bond donors (Lipinski definition) is 6. The molecule has 49 heavy (non-hydrogen) atoms. The molecule has 4 aromatic carbocycles. The highest BCUT2D eigenvalue weighted by molar-refractivity contribution is 7.92. The number of rotatable bonds is 17. The van der Waals surface area contributed by atoms with Gasteiger partial charge in [-0.15, -0.1) is 0 Å². The lowest BCUT2D eigenvalue weighted by Crippen LogP contribution is -2.58. The summed E-state index contributed by atoms with van der Waals surface area (Å²) in [6, 6.07) is 29.4. The van der Waals surface area contributed by atoms with Gasteiger partial charge in [-0.2, -0.15) is 0 Å². The number of nitrogen functional groups attached to an aromatic ring is 1. The van der Waals surface area contributed by atoms with Gasteiger partial charge in [0.1, 0.15) is 17.2 Å².